The van der Waals surface area contributed by atoms with Crippen molar-refractivity contribution in [1.29, 1.82) is 0 Å². The molecule has 1 fully saturated rings. The molecule has 1 atom stereocenters. The lowest BCUT2D eigenvalue weighted by molar-refractivity contribution is -0.124. The fourth-order valence-corrected chi connectivity index (χ4v) is 3.78. The summed E-state index contributed by atoms with van der Waals surface area (Å²) >= 11 is 0. The van der Waals surface area contributed by atoms with E-state index >= 15 is 0 Å². The Morgan fingerprint density at radius 2 is 2.17 bits per heavy atom. The third-order valence-corrected chi connectivity index (χ3v) is 5.62. The molecule has 0 aromatic carbocycles. The van der Waals surface area contributed by atoms with Crippen LogP contribution in [-0.2, 0) is 29.2 Å². The molecule has 1 saturated heterocycles. The molecule has 160 valence electrons. The van der Waals surface area contributed by atoms with Crippen LogP contribution in [0.2, 0.25) is 0 Å². The van der Waals surface area contributed by atoms with Crippen LogP contribution in [0.3, 0.4) is 0 Å². The molecule has 4 rings (SSSR count). The first kappa shape index (κ1) is 20.3. The van der Waals surface area contributed by atoms with Crippen molar-refractivity contribution in [2.45, 2.75) is 45.6 Å². The minimum Gasteiger partial charge on any atom is -0.481 e. The highest BCUT2D eigenvalue weighted by Gasteiger charge is 2.45. The first-order chi connectivity index (χ1) is 14.4. The highest BCUT2D eigenvalue weighted by molar-refractivity contribution is 5.94. The molecule has 2 aromatic heterocycles. The van der Waals surface area contributed by atoms with E-state index < -0.39 is 5.60 Å². The van der Waals surface area contributed by atoms with Crippen LogP contribution in [0.4, 0.5) is 0 Å². The van der Waals surface area contributed by atoms with E-state index in [0.29, 0.717) is 49.9 Å². The van der Waals surface area contributed by atoms with E-state index in [-0.39, 0.29) is 17.7 Å². The van der Waals surface area contributed by atoms with E-state index in [1.54, 1.807) is 17.0 Å². The molecular formula is C20H26N6O4. The van der Waals surface area contributed by atoms with Crippen molar-refractivity contribution in [2.24, 2.45) is 5.92 Å². The number of aromatic nitrogens is 4. The summed E-state index contributed by atoms with van der Waals surface area (Å²) in [6.45, 7) is 5.99. The molecular weight excluding hydrogens is 388 g/mol. The zero-order valence-corrected chi connectivity index (χ0v) is 17.4. The summed E-state index contributed by atoms with van der Waals surface area (Å²) in [5, 5.41) is 11.3. The first-order valence-corrected chi connectivity index (χ1v) is 10.0. The lowest BCUT2D eigenvalue weighted by Gasteiger charge is -2.34. The molecule has 2 aromatic rings. The quantitative estimate of drug-likeness (QED) is 0.769. The zero-order chi connectivity index (χ0) is 21.3. The van der Waals surface area contributed by atoms with Crippen LogP contribution in [0, 0.1) is 5.92 Å². The number of likely N-dealkylation sites (tertiary alicyclic amines) is 1. The maximum Gasteiger partial charge on any atom is 0.255 e. The van der Waals surface area contributed by atoms with Crippen LogP contribution in [0.1, 0.15) is 42.0 Å². The van der Waals surface area contributed by atoms with Crippen molar-refractivity contribution in [2.75, 3.05) is 20.2 Å². The third kappa shape index (κ3) is 3.87. The van der Waals surface area contributed by atoms with Gasteiger partial charge in [0.15, 0.2) is 0 Å². The van der Waals surface area contributed by atoms with Crippen LogP contribution in [-0.4, -0.2) is 62.5 Å². The van der Waals surface area contributed by atoms with Gasteiger partial charge in [-0.3, -0.25) is 9.59 Å². The average Bonchev–Trinajstić information content (AvgIpc) is 3.35. The molecule has 1 unspecified atom stereocenters. The Kier molecular flexibility index (Phi) is 5.42. The smallest absolute Gasteiger partial charge is 0.255 e. The standard InChI is InChI=1S/C20H26N6O4/c1-13(2)18(27)22-9-15-16-10-30-20(12-26(16)24-23-15)6-7-25(11-20)19(28)14-4-5-17(29-3)21-8-14/h4-5,8,13H,6-7,9-12H2,1-3H3,(H,22,27). The molecule has 0 aliphatic carbocycles. The van der Waals surface area contributed by atoms with Crippen LogP contribution in [0.25, 0.3) is 0 Å². The zero-order valence-electron chi connectivity index (χ0n) is 17.4. The summed E-state index contributed by atoms with van der Waals surface area (Å²) in [6, 6.07) is 3.39. The summed E-state index contributed by atoms with van der Waals surface area (Å²) in [4.78, 5) is 30.6. The summed E-state index contributed by atoms with van der Waals surface area (Å²) in [5.74, 6) is 0.285. The molecule has 10 nitrogen and oxygen atoms in total. The van der Waals surface area contributed by atoms with Gasteiger partial charge in [0.2, 0.25) is 11.8 Å². The molecule has 1 N–H and O–H groups in total. The van der Waals surface area contributed by atoms with Gasteiger partial charge in [0.05, 0.1) is 44.6 Å². The Morgan fingerprint density at radius 1 is 1.33 bits per heavy atom. The topological polar surface area (TPSA) is 111 Å². The van der Waals surface area contributed by atoms with Gasteiger partial charge >= 0.3 is 0 Å². The number of fused-ring (bicyclic) bond motifs is 1. The van der Waals surface area contributed by atoms with Gasteiger partial charge in [-0.2, -0.15) is 0 Å². The second kappa shape index (κ2) is 8.02. The maximum atomic E-state index is 12.8. The molecule has 2 aliphatic rings. The Bertz CT molecular complexity index is 941. The number of rotatable bonds is 5. The Morgan fingerprint density at radius 3 is 2.87 bits per heavy atom. The number of carbonyl (C=O) groups is 2. The van der Waals surface area contributed by atoms with Gasteiger partial charge in [-0.1, -0.05) is 19.1 Å². The second-order valence-corrected chi connectivity index (χ2v) is 8.05. The summed E-state index contributed by atoms with van der Waals surface area (Å²) in [5.41, 5.74) is 1.63. The second-order valence-electron chi connectivity index (χ2n) is 8.05. The summed E-state index contributed by atoms with van der Waals surface area (Å²) < 4.78 is 13.1. The lowest BCUT2D eigenvalue weighted by Crippen LogP contribution is -2.45. The maximum absolute atomic E-state index is 12.8. The van der Waals surface area contributed by atoms with Crippen molar-refractivity contribution in [3.63, 3.8) is 0 Å². The minimum atomic E-state index is -0.477. The monoisotopic (exact) mass is 414 g/mol. The number of nitrogens with zero attached hydrogens (tertiary/aromatic N) is 5. The highest BCUT2D eigenvalue weighted by atomic mass is 16.5. The number of ether oxygens (including phenoxy) is 2. The number of nitrogens with one attached hydrogen (secondary N) is 1. The number of hydrogen-bond acceptors (Lipinski definition) is 7. The van der Waals surface area contributed by atoms with Crippen LogP contribution < -0.4 is 10.1 Å². The Hall–Kier alpha value is -3.01. The van der Waals surface area contributed by atoms with Crippen molar-refractivity contribution in [3.8, 4) is 5.88 Å². The van der Waals surface area contributed by atoms with E-state index in [1.165, 1.54) is 13.3 Å². The van der Waals surface area contributed by atoms with Crippen molar-refractivity contribution >= 4 is 11.8 Å². The van der Waals surface area contributed by atoms with E-state index in [2.05, 4.69) is 20.6 Å². The molecule has 4 heterocycles. The predicted octanol–water partition coefficient (Wildman–Crippen LogP) is 0.769. The van der Waals surface area contributed by atoms with Crippen molar-refractivity contribution in [3.05, 3.63) is 35.3 Å². The fraction of sp³-hybridized carbons (Fsp3) is 0.550. The summed E-state index contributed by atoms with van der Waals surface area (Å²) in [6.07, 6.45) is 2.25. The molecule has 0 saturated carbocycles. The summed E-state index contributed by atoms with van der Waals surface area (Å²) in [7, 11) is 1.54. The van der Waals surface area contributed by atoms with Gasteiger partial charge in [0.25, 0.3) is 5.91 Å². The minimum absolute atomic E-state index is 0.0251. The van der Waals surface area contributed by atoms with Gasteiger partial charge in [-0.05, 0) is 12.5 Å². The van der Waals surface area contributed by atoms with Gasteiger partial charge in [0, 0.05) is 24.7 Å². The highest BCUT2D eigenvalue weighted by Crippen LogP contribution is 2.33. The van der Waals surface area contributed by atoms with E-state index in [9.17, 15) is 9.59 Å². The van der Waals surface area contributed by atoms with Gasteiger partial charge in [-0.25, -0.2) is 9.67 Å². The number of carbonyl (C=O) groups excluding carboxylic acids is 2. The first-order valence-electron chi connectivity index (χ1n) is 10.0. The Labute approximate surface area is 174 Å². The third-order valence-electron chi connectivity index (χ3n) is 5.62. The number of methoxy groups -OCH3 is 1. The Balaban J connectivity index is 1.41. The number of amides is 2. The molecule has 2 amide bonds. The predicted molar refractivity (Wildman–Crippen MR) is 106 cm³/mol. The number of hydrogen-bond donors (Lipinski definition) is 1. The van der Waals surface area contributed by atoms with Crippen LogP contribution in [0.15, 0.2) is 18.3 Å². The normalized spacial score (nSPS) is 20.5. The molecule has 0 bridgehead atoms. The SMILES string of the molecule is COc1ccc(C(=O)N2CCC3(C2)Cn2nnc(CNC(=O)C(C)C)c2CO3)cn1. The van der Waals surface area contributed by atoms with E-state index in [0.717, 1.165) is 12.1 Å². The van der Waals surface area contributed by atoms with Crippen molar-refractivity contribution < 1.29 is 19.1 Å². The van der Waals surface area contributed by atoms with Gasteiger partial charge < -0.3 is 19.7 Å². The molecule has 30 heavy (non-hydrogen) atoms. The lowest BCUT2D eigenvalue weighted by atomic mass is 10.0. The fourth-order valence-electron chi connectivity index (χ4n) is 3.78. The van der Waals surface area contributed by atoms with Gasteiger partial charge in [-0.15, -0.1) is 5.10 Å². The largest absolute Gasteiger partial charge is 0.481 e. The van der Waals surface area contributed by atoms with E-state index in [4.69, 9.17) is 9.47 Å². The number of pyridine rings is 1. The van der Waals surface area contributed by atoms with Crippen molar-refractivity contribution in [1.82, 2.24) is 30.2 Å². The van der Waals surface area contributed by atoms with Crippen LogP contribution >= 0.6 is 0 Å². The van der Waals surface area contributed by atoms with E-state index in [1.807, 2.05) is 18.5 Å². The molecule has 1 spiro atoms. The molecule has 0 radical (unpaired) electrons. The average molecular weight is 414 g/mol. The van der Waals surface area contributed by atoms with Gasteiger partial charge in [0.1, 0.15) is 11.3 Å². The molecule has 2 aliphatic heterocycles. The van der Waals surface area contributed by atoms with Crippen LogP contribution in [0.5, 0.6) is 5.88 Å². The molecule has 10 heteroatoms.